The summed E-state index contributed by atoms with van der Waals surface area (Å²) in [6.07, 6.45) is 0.776. The van der Waals surface area contributed by atoms with E-state index in [1.165, 1.54) is 9.13 Å². The van der Waals surface area contributed by atoms with Crippen molar-refractivity contribution >= 4 is 34.4 Å². The second-order valence-electron chi connectivity index (χ2n) is 7.34. The van der Waals surface area contributed by atoms with Gasteiger partial charge in [0.2, 0.25) is 5.95 Å². The minimum Gasteiger partial charge on any atom is -0.310 e. The normalized spacial score (nSPS) is 13.7. The van der Waals surface area contributed by atoms with Crippen LogP contribution in [0.15, 0.2) is 33.9 Å². The fourth-order valence-electron chi connectivity index (χ4n) is 3.53. The van der Waals surface area contributed by atoms with Crippen molar-refractivity contribution < 1.29 is 0 Å². The number of hydrogen-bond donors (Lipinski definition) is 0. The topological polar surface area (TPSA) is 65.1 Å². The molecule has 8 heteroatoms. The molecule has 4 rings (SSSR count). The van der Waals surface area contributed by atoms with Crippen LogP contribution in [0.4, 0.5) is 11.6 Å². The van der Waals surface area contributed by atoms with Crippen molar-refractivity contribution in [3.8, 4) is 0 Å². The van der Waals surface area contributed by atoms with E-state index in [2.05, 4.69) is 18.8 Å². The highest BCUT2D eigenvalue weighted by atomic mass is 35.5. The van der Waals surface area contributed by atoms with Crippen molar-refractivity contribution in [1.29, 1.82) is 0 Å². The lowest BCUT2D eigenvalue weighted by atomic mass is 10.1. The van der Waals surface area contributed by atoms with E-state index >= 15 is 0 Å². The first-order valence-corrected chi connectivity index (χ1v) is 9.49. The Kier molecular flexibility index (Phi) is 4.34. The van der Waals surface area contributed by atoms with Gasteiger partial charge in [-0.15, -0.1) is 0 Å². The molecule has 142 valence electrons. The molecule has 3 heterocycles. The standard InChI is InChI=1S/C19H22ClN5O2/c1-12(2)8-9-25-17(26)15-16(22(3)19(25)27)21-18-23(10-11-24(15)18)14-6-4-13(20)5-7-14/h4-7,12H,8-11H2,1-3H3. The average Bonchev–Trinajstić information content (AvgIpc) is 3.19. The van der Waals surface area contributed by atoms with Crippen molar-refractivity contribution in [3.05, 3.63) is 50.1 Å². The van der Waals surface area contributed by atoms with Crippen LogP contribution in [0.3, 0.4) is 0 Å². The Morgan fingerprint density at radius 1 is 1.15 bits per heavy atom. The Morgan fingerprint density at radius 3 is 2.52 bits per heavy atom. The molecule has 0 unspecified atom stereocenters. The highest BCUT2D eigenvalue weighted by molar-refractivity contribution is 6.30. The Balaban J connectivity index is 1.88. The molecule has 0 saturated heterocycles. The summed E-state index contributed by atoms with van der Waals surface area (Å²) in [4.78, 5) is 32.4. The van der Waals surface area contributed by atoms with Gasteiger partial charge in [0.15, 0.2) is 11.2 Å². The second-order valence-corrected chi connectivity index (χ2v) is 7.78. The minimum atomic E-state index is -0.317. The Bertz CT molecular complexity index is 1120. The number of rotatable bonds is 4. The molecule has 7 nitrogen and oxygen atoms in total. The number of anilines is 2. The van der Waals surface area contributed by atoms with Crippen LogP contribution >= 0.6 is 11.6 Å². The van der Waals surface area contributed by atoms with Gasteiger partial charge in [0, 0.05) is 37.4 Å². The zero-order valence-corrected chi connectivity index (χ0v) is 16.4. The van der Waals surface area contributed by atoms with Gasteiger partial charge in [-0.3, -0.25) is 13.9 Å². The third-order valence-electron chi connectivity index (χ3n) is 5.07. The van der Waals surface area contributed by atoms with E-state index in [1.807, 2.05) is 33.7 Å². The van der Waals surface area contributed by atoms with E-state index in [0.717, 1.165) is 12.1 Å². The number of imidazole rings is 1. The lowest BCUT2D eigenvalue weighted by Gasteiger charge is -2.15. The maximum atomic E-state index is 13.1. The summed E-state index contributed by atoms with van der Waals surface area (Å²) in [5.74, 6) is 1.09. The van der Waals surface area contributed by atoms with E-state index in [1.54, 1.807) is 7.05 Å². The first kappa shape index (κ1) is 17.9. The first-order chi connectivity index (χ1) is 12.9. The van der Waals surface area contributed by atoms with Crippen LogP contribution < -0.4 is 16.1 Å². The van der Waals surface area contributed by atoms with E-state index in [9.17, 15) is 9.59 Å². The van der Waals surface area contributed by atoms with Crippen molar-refractivity contribution in [3.63, 3.8) is 0 Å². The molecule has 1 aromatic carbocycles. The summed E-state index contributed by atoms with van der Waals surface area (Å²) in [6, 6.07) is 7.52. The van der Waals surface area contributed by atoms with E-state index in [4.69, 9.17) is 11.6 Å². The van der Waals surface area contributed by atoms with Gasteiger partial charge in [-0.05, 0) is 36.6 Å². The van der Waals surface area contributed by atoms with Crippen LogP contribution in [0.5, 0.6) is 0 Å². The zero-order valence-electron chi connectivity index (χ0n) is 15.6. The molecule has 27 heavy (non-hydrogen) atoms. The number of benzene rings is 1. The van der Waals surface area contributed by atoms with Crippen LogP contribution in [0.25, 0.3) is 11.2 Å². The third kappa shape index (κ3) is 2.86. The summed E-state index contributed by atoms with van der Waals surface area (Å²) >= 11 is 5.99. The van der Waals surface area contributed by atoms with Crippen LogP contribution in [0.2, 0.25) is 5.02 Å². The SMILES string of the molecule is CC(C)CCn1c(=O)c2c(nc3n2CCN3c2ccc(Cl)cc2)n(C)c1=O. The summed E-state index contributed by atoms with van der Waals surface area (Å²) in [6.45, 7) is 5.93. The van der Waals surface area contributed by atoms with E-state index in [0.29, 0.717) is 47.7 Å². The van der Waals surface area contributed by atoms with Gasteiger partial charge in [0.1, 0.15) is 0 Å². The molecule has 0 atom stereocenters. The molecular weight excluding hydrogens is 366 g/mol. The average molecular weight is 388 g/mol. The number of hydrogen-bond acceptors (Lipinski definition) is 4. The lowest BCUT2D eigenvalue weighted by Crippen LogP contribution is -2.40. The highest BCUT2D eigenvalue weighted by Crippen LogP contribution is 2.32. The summed E-state index contributed by atoms with van der Waals surface area (Å²) in [5, 5.41) is 0.668. The molecule has 2 aromatic heterocycles. The number of nitrogens with zero attached hydrogens (tertiary/aromatic N) is 5. The smallest absolute Gasteiger partial charge is 0.310 e. The summed E-state index contributed by atoms with van der Waals surface area (Å²) in [5.41, 5.74) is 1.30. The fraction of sp³-hybridized carbons (Fsp3) is 0.421. The largest absolute Gasteiger partial charge is 0.332 e. The maximum Gasteiger partial charge on any atom is 0.332 e. The monoisotopic (exact) mass is 387 g/mol. The molecule has 0 spiro atoms. The molecule has 1 aliphatic rings. The molecule has 0 bridgehead atoms. The van der Waals surface area contributed by atoms with Gasteiger partial charge >= 0.3 is 5.69 Å². The van der Waals surface area contributed by atoms with Gasteiger partial charge in [-0.2, -0.15) is 4.98 Å². The van der Waals surface area contributed by atoms with Gasteiger partial charge in [-0.1, -0.05) is 25.4 Å². The van der Waals surface area contributed by atoms with Crippen LogP contribution in [0.1, 0.15) is 20.3 Å². The molecule has 0 N–H and O–H groups in total. The van der Waals surface area contributed by atoms with Crippen LogP contribution in [-0.2, 0) is 20.1 Å². The third-order valence-corrected chi connectivity index (χ3v) is 5.32. The van der Waals surface area contributed by atoms with Crippen molar-refractivity contribution in [2.45, 2.75) is 33.4 Å². The molecule has 3 aromatic rings. The van der Waals surface area contributed by atoms with Gasteiger partial charge in [-0.25, -0.2) is 4.79 Å². The molecule has 0 saturated carbocycles. The Morgan fingerprint density at radius 2 is 1.85 bits per heavy atom. The van der Waals surface area contributed by atoms with Crippen LogP contribution in [0, 0.1) is 5.92 Å². The Labute approximate surface area is 161 Å². The molecule has 0 aliphatic carbocycles. The molecule has 0 radical (unpaired) electrons. The minimum absolute atomic E-state index is 0.259. The maximum absolute atomic E-state index is 13.1. The zero-order chi connectivity index (χ0) is 19.3. The number of aryl methyl sites for hydroxylation is 1. The van der Waals surface area contributed by atoms with Crippen LogP contribution in [-0.4, -0.2) is 25.2 Å². The number of fused-ring (bicyclic) bond motifs is 3. The van der Waals surface area contributed by atoms with Crippen molar-refractivity contribution in [1.82, 2.24) is 18.7 Å². The molecule has 0 fully saturated rings. The predicted octanol–water partition coefficient (Wildman–Crippen LogP) is 2.75. The number of aromatic nitrogens is 4. The fourth-order valence-corrected chi connectivity index (χ4v) is 3.65. The second kappa shape index (κ2) is 6.56. The van der Waals surface area contributed by atoms with Gasteiger partial charge in [0.25, 0.3) is 5.56 Å². The summed E-state index contributed by atoms with van der Waals surface area (Å²) in [7, 11) is 1.67. The first-order valence-electron chi connectivity index (χ1n) is 9.11. The Hall–Kier alpha value is -2.54. The van der Waals surface area contributed by atoms with E-state index in [-0.39, 0.29) is 11.2 Å². The lowest BCUT2D eigenvalue weighted by molar-refractivity contribution is 0.487. The van der Waals surface area contributed by atoms with Gasteiger partial charge < -0.3 is 9.47 Å². The van der Waals surface area contributed by atoms with Crippen molar-refractivity contribution in [2.75, 3.05) is 11.4 Å². The molecule has 0 amide bonds. The number of halogens is 1. The van der Waals surface area contributed by atoms with Crippen molar-refractivity contribution in [2.24, 2.45) is 13.0 Å². The predicted molar refractivity (Wildman–Crippen MR) is 107 cm³/mol. The molecule has 1 aliphatic heterocycles. The molecular formula is C19H22ClN5O2. The van der Waals surface area contributed by atoms with Gasteiger partial charge in [0.05, 0.1) is 0 Å². The van der Waals surface area contributed by atoms with E-state index < -0.39 is 0 Å². The quantitative estimate of drug-likeness (QED) is 0.690. The highest BCUT2D eigenvalue weighted by Gasteiger charge is 2.28. The summed E-state index contributed by atoms with van der Waals surface area (Å²) < 4.78 is 4.72.